The molecule has 2 nitrogen and oxygen atoms in total. The zero-order chi connectivity index (χ0) is 8.65. The number of aliphatic imine (C=N–C) groups is 2. The molecule has 0 aliphatic heterocycles. The first-order chi connectivity index (χ1) is 5.93. The van der Waals surface area contributed by atoms with Gasteiger partial charge in [0.05, 0.1) is 12.6 Å². The molecule has 0 amide bonds. The average Bonchev–Trinajstić information content (AvgIpc) is 2.14. The molecule has 0 fully saturated rings. The molecular formula is C10H12N2. The third-order valence-corrected chi connectivity index (χ3v) is 1.53. The minimum Gasteiger partial charge on any atom is -0.229 e. The van der Waals surface area contributed by atoms with E-state index in [1.807, 2.05) is 18.2 Å². The molecule has 2 heteroatoms. The topological polar surface area (TPSA) is 24.7 Å². The smallest absolute Gasteiger partial charge is 0.0889 e. The summed E-state index contributed by atoms with van der Waals surface area (Å²) in [5.74, 6) is 0. The van der Waals surface area contributed by atoms with Crippen molar-refractivity contribution in [1.82, 2.24) is 0 Å². The minimum absolute atomic E-state index is 0.765. The Kier molecular flexibility index (Phi) is 3.82. The van der Waals surface area contributed by atoms with Crippen LogP contribution in [0.4, 0.5) is 0 Å². The van der Waals surface area contributed by atoms with Crippen LogP contribution in [0.5, 0.6) is 0 Å². The molecule has 0 spiro atoms. The molecule has 0 N–H and O–H groups in total. The van der Waals surface area contributed by atoms with Crippen LogP contribution in [0.15, 0.2) is 40.3 Å². The lowest BCUT2D eigenvalue weighted by Crippen LogP contribution is -1.87. The Morgan fingerprint density at radius 1 is 1.25 bits per heavy atom. The highest BCUT2D eigenvalue weighted by atomic mass is 14.8. The van der Waals surface area contributed by atoms with E-state index in [0.717, 1.165) is 13.0 Å². The van der Waals surface area contributed by atoms with Crippen molar-refractivity contribution in [3.63, 3.8) is 0 Å². The quantitative estimate of drug-likeness (QED) is 0.604. The van der Waals surface area contributed by atoms with Crippen molar-refractivity contribution in [3.05, 3.63) is 35.9 Å². The van der Waals surface area contributed by atoms with Gasteiger partial charge in [0.15, 0.2) is 0 Å². The molecule has 0 heterocycles. The van der Waals surface area contributed by atoms with E-state index in [1.54, 1.807) is 7.05 Å². The van der Waals surface area contributed by atoms with Crippen LogP contribution in [0.2, 0.25) is 0 Å². The lowest BCUT2D eigenvalue weighted by molar-refractivity contribution is 0.973. The van der Waals surface area contributed by atoms with Crippen LogP contribution in [0.25, 0.3) is 0 Å². The van der Waals surface area contributed by atoms with Crippen LogP contribution in [0.1, 0.15) is 5.56 Å². The van der Waals surface area contributed by atoms with E-state index >= 15 is 0 Å². The van der Waals surface area contributed by atoms with Crippen molar-refractivity contribution >= 4 is 6.01 Å². The third-order valence-electron chi connectivity index (χ3n) is 1.53. The van der Waals surface area contributed by atoms with E-state index in [1.165, 1.54) is 5.56 Å². The lowest BCUT2D eigenvalue weighted by Gasteiger charge is -1.94. The SMILES string of the molecule is CN=C=NCCc1ccccc1. The van der Waals surface area contributed by atoms with Crippen molar-refractivity contribution < 1.29 is 0 Å². The maximum Gasteiger partial charge on any atom is 0.0889 e. The molecule has 0 aliphatic rings. The summed E-state index contributed by atoms with van der Waals surface area (Å²) in [5.41, 5.74) is 1.30. The van der Waals surface area contributed by atoms with E-state index in [4.69, 9.17) is 0 Å². The Labute approximate surface area is 72.7 Å². The maximum absolute atomic E-state index is 3.97. The van der Waals surface area contributed by atoms with Gasteiger partial charge in [0.2, 0.25) is 0 Å². The van der Waals surface area contributed by atoms with E-state index in [-0.39, 0.29) is 0 Å². The molecule has 12 heavy (non-hydrogen) atoms. The molecule has 0 aromatic heterocycles. The van der Waals surface area contributed by atoms with Crippen LogP contribution in [-0.2, 0) is 6.42 Å². The second-order valence-electron chi connectivity index (χ2n) is 2.44. The van der Waals surface area contributed by atoms with E-state index in [2.05, 4.69) is 28.1 Å². The molecule has 0 radical (unpaired) electrons. The Bertz CT molecular complexity index is 271. The molecule has 62 valence electrons. The summed E-state index contributed by atoms with van der Waals surface area (Å²) in [6.45, 7) is 0.765. The fraction of sp³-hybridized carbons (Fsp3) is 0.300. The number of nitrogens with zero attached hydrogens (tertiary/aromatic N) is 2. The van der Waals surface area contributed by atoms with Gasteiger partial charge in [0, 0.05) is 7.05 Å². The summed E-state index contributed by atoms with van der Waals surface area (Å²) in [5, 5.41) is 0. The Hall–Kier alpha value is -1.40. The van der Waals surface area contributed by atoms with Crippen LogP contribution in [-0.4, -0.2) is 19.6 Å². The van der Waals surface area contributed by atoms with Gasteiger partial charge in [0.1, 0.15) is 0 Å². The zero-order valence-electron chi connectivity index (χ0n) is 7.20. The molecule has 1 aromatic rings. The first-order valence-corrected chi connectivity index (χ1v) is 3.97. The summed E-state index contributed by atoms with van der Waals surface area (Å²) in [4.78, 5) is 7.62. The summed E-state index contributed by atoms with van der Waals surface area (Å²) in [7, 11) is 1.67. The van der Waals surface area contributed by atoms with Crippen LogP contribution >= 0.6 is 0 Å². The summed E-state index contributed by atoms with van der Waals surface area (Å²) < 4.78 is 0. The molecule has 0 aliphatic carbocycles. The maximum atomic E-state index is 3.97. The highest BCUT2D eigenvalue weighted by Crippen LogP contribution is 1.98. The monoisotopic (exact) mass is 160 g/mol. The molecule has 0 atom stereocenters. The van der Waals surface area contributed by atoms with Crippen LogP contribution in [0.3, 0.4) is 0 Å². The first-order valence-electron chi connectivity index (χ1n) is 3.97. The molecule has 0 bridgehead atoms. The van der Waals surface area contributed by atoms with E-state index in [9.17, 15) is 0 Å². The van der Waals surface area contributed by atoms with Gasteiger partial charge >= 0.3 is 0 Å². The van der Waals surface area contributed by atoms with Gasteiger partial charge < -0.3 is 0 Å². The van der Waals surface area contributed by atoms with Gasteiger partial charge in [-0.1, -0.05) is 30.3 Å². The van der Waals surface area contributed by atoms with Crippen molar-refractivity contribution in [2.75, 3.05) is 13.6 Å². The standard InChI is InChI=1S/C10H12N2/c1-11-9-12-8-7-10-5-3-2-4-6-10/h2-6H,7-8H2,1H3. The number of benzene rings is 1. The van der Waals surface area contributed by atoms with Gasteiger partial charge in [-0.25, -0.2) is 9.98 Å². The largest absolute Gasteiger partial charge is 0.229 e. The number of hydrogen-bond acceptors (Lipinski definition) is 2. The normalized spacial score (nSPS) is 8.75. The predicted molar refractivity (Wildman–Crippen MR) is 50.8 cm³/mol. The van der Waals surface area contributed by atoms with Gasteiger partial charge in [-0.15, -0.1) is 0 Å². The lowest BCUT2D eigenvalue weighted by atomic mass is 10.2. The fourth-order valence-corrected chi connectivity index (χ4v) is 0.950. The van der Waals surface area contributed by atoms with Crippen molar-refractivity contribution in [2.45, 2.75) is 6.42 Å². The van der Waals surface area contributed by atoms with E-state index in [0.29, 0.717) is 0 Å². The Morgan fingerprint density at radius 2 is 2.00 bits per heavy atom. The number of rotatable bonds is 3. The molecule has 0 unspecified atom stereocenters. The molecule has 1 aromatic carbocycles. The van der Waals surface area contributed by atoms with Gasteiger partial charge in [-0.3, -0.25) is 0 Å². The first kappa shape index (κ1) is 8.69. The minimum atomic E-state index is 0.765. The van der Waals surface area contributed by atoms with Gasteiger partial charge in [-0.2, -0.15) is 0 Å². The van der Waals surface area contributed by atoms with E-state index < -0.39 is 0 Å². The van der Waals surface area contributed by atoms with Crippen molar-refractivity contribution in [3.8, 4) is 0 Å². The fourth-order valence-electron chi connectivity index (χ4n) is 0.950. The third kappa shape index (κ3) is 3.13. The molecule has 0 saturated heterocycles. The second-order valence-corrected chi connectivity index (χ2v) is 2.44. The summed E-state index contributed by atoms with van der Waals surface area (Å²) >= 11 is 0. The molecule has 1 rings (SSSR count). The Morgan fingerprint density at radius 3 is 2.67 bits per heavy atom. The van der Waals surface area contributed by atoms with Crippen molar-refractivity contribution in [1.29, 1.82) is 0 Å². The highest BCUT2D eigenvalue weighted by Gasteiger charge is 1.87. The summed E-state index contributed by atoms with van der Waals surface area (Å²) in [6.07, 6.45) is 0.962. The summed E-state index contributed by atoms with van der Waals surface area (Å²) in [6, 6.07) is 12.8. The van der Waals surface area contributed by atoms with Crippen LogP contribution in [0, 0.1) is 0 Å². The van der Waals surface area contributed by atoms with Crippen molar-refractivity contribution in [2.24, 2.45) is 9.98 Å². The molecular weight excluding hydrogens is 148 g/mol. The molecule has 0 saturated carbocycles. The Balaban J connectivity index is 2.39. The highest BCUT2D eigenvalue weighted by molar-refractivity contribution is 5.40. The second kappa shape index (κ2) is 5.28. The average molecular weight is 160 g/mol. The number of hydrogen-bond donors (Lipinski definition) is 0. The zero-order valence-corrected chi connectivity index (χ0v) is 7.20. The van der Waals surface area contributed by atoms with Crippen LogP contribution < -0.4 is 0 Å². The van der Waals surface area contributed by atoms with Gasteiger partial charge in [0.25, 0.3) is 0 Å². The predicted octanol–water partition coefficient (Wildman–Crippen LogP) is 2.03. The van der Waals surface area contributed by atoms with Gasteiger partial charge in [-0.05, 0) is 12.0 Å².